The van der Waals surface area contributed by atoms with E-state index in [2.05, 4.69) is 15.3 Å². The third kappa shape index (κ3) is 1.44. The summed E-state index contributed by atoms with van der Waals surface area (Å²) >= 11 is 1.51. The Kier molecular flexibility index (Phi) is 1.85. The highest BCUT2D eigenvalue weighted by Gasteiger charge is 2.11. The van der Waals surface area contributed by atoms with E-state index in [9.17, 15) is 0 Å². The van der Waals surface area contributed by atoms with Crippen molar-refractivity contribution in [1.82, 2.24) is 15.3 Å². The Labute approximate surface area is 88.3 Å². The van der Waals surface area contributed by atoms with E-state index in [1.807, 2.05) is 5.38 Å². The molecule has 3 aromatic heterocycles. The summed E-state index contributed by atoms with van der Waals surface area (Å²) in [5, 5.41) is 9.54. The van der Waals surface area contributed by atoms with Crippen molar-refractivity contribution in [2.75, 3.05) is 0 Å². The van der Waals surface area contributed by atoms with Crippen LogP contribution in [-0.4, -0.2) is 15.3 Å². The summed E-state index contributed by atoms with van der Waals surface area (Å²) in [4.78, 5) is 4.12. The zero-order valence-corrected chi connectivity index (χ0v) is 8.27. The first kappa shape index (κ1) is 8.37. The van der Waals surface area contributed by atoms with Crippen molar-refractivity contribution < 1.29 is 9.05 Å². The number of thiazole rings is 1. The SMILES string of the molecule is c1cc(-c2cc(-c3cscn3)on2)no1. The van der Waals surface area contributed by atoms with Crippen molar-refractivity contribution in [1.29, 1.82) is 0 Å². The van der Waals surface area contributed by atoms with Gasteiger partial charge in [0.25, 0.3) is 0 Å². The van der Waals surface area contributed by atoms with Crippen molar-refractivity contribution in [2.45, 2.75) is 0 Å². The third-order valence-corrected chi connectivity index (χ3v) is 2.48. The van der Waals surface area contributed by atoms with Gasteiger partial charge in [0.1, 0.15) is 23.3 Å². The molecule has 0 bridgehead atoms. The maximum absolute atomic E-state index is 5.15. The fourth-order valence-electron chi connectivity index (χ4n) is 1.20. The van der Waals surface area contributed by atoms with Crippen molar-refractivity contribution in [3.8, 4) is 22.8 Å². The Morgan fingerprint density at radius 2 is 2.13 bits per heavy atom. The van der Waals surface area contributed by atoms with Crippen LogP contribution < -0.4 is 0 Å². The van der Waals surface area contributed by atoms with E-state index in [1.54, 1.807) is 17.6 Å². The predicted molar refractivity (Wildman–Crippen MR) is 53.1 cm³/mol. The molecule has 74 valence electrons. The van der Waals surface area contributed by atoms with Gasteiger partial charge in [-0.15, -0.1) is 11.3 Å². The molecule has 0 atom stereocenters. The first-order chi connectivity index (χ1) is 7.43. The summed E-state index contributed by atoms with van der Waals surface area (Å²) in [6.45, 7) is 0. The van der Waals surface area contributed by atoms with Gasteiger partial charge in [0.2, 0.25) is 0 Å². The fraction of sp³-hybridized carbons (Fsp3) is 0. The Morgan fingerprint density at radius 1 is 1.13 bits per heavy atom. The van der Waals surface area contributed by atoms with E-state index in [0.717, 1.165) is 5.69 Å². The molecular formula is C9H5N3O2S. The molecule has 6 heteroatoms. The summed E-state index contributed by atoms with van der Waals surface area (Å²) in [7, 11) is 0. The van der Waals surface area contributed by atoms with Crippen LogP contribution in [0.25, 0.3) is 22.8 Å². The van der Waals surface area contributed by atoms with E-state index in [4.69, 9.17) is 9.05 Å². The summed E-state index contributed by atoms with van der Waals surface area (Å²) < 4.78 is 9.87. The Morgan fingerprint density at radius 3 is 2.87 bits per heavy atom. The van der Waals surface area contributed by atoms with Crippen molar-refractivity contribution in [2.24, 2.45) is 0 Å². The van der Waals surface area contributed by atoms with Crippen molar-refractivity contribution >= 4 is 11.3 Å². The maximum atomic E-state index is 5.15. The molecule has 3 heterocycles. The van der Waals surface area contributed by atoms with Gasteiger partial charge >= 0.3 is 0 Å². The first-order valence-electron chi connectivity index (χ1n) is 4.19. The number of aromatic nitrogens is 3. The fourth-order valence-corrected chi connectivity index (χ4v) is 1.74. The van der Waals surface area contributed by atoms with Gasteiger partial charge in [-0.3, -0.25) is 0 Å². The standard InChI is InChI=1S/C9H5N3O2S/c1-2-13-11-6(1)7-3-9(14-12-7)8-4-15-5-10-8/h1-5H. The molecule has 0 spiro atoms. The smallest absolute Gasteiger partial charge is 0.186 e. The largest absolute Gasteiger partial charge is 0.364 e. The molecule has 0 N–H and O–H groups in total. The van der Waals surface area contributed by atoms with Crippen molar-refractivity contribution in [3.05, 3.63) is 29.3 Å². The minimum absolute atomic E-state index is 0.634. The second kappa shape index (κ2) is 3.32. The topological polar surface area (TPSA) is 65.0 Å². The van der Waals surface area contributed by atoms with Gasteiger partial charge < -0.3 is 9.05 Å². The predicted octanol–water partition coefficient (Wildman–Crippen LogP) is 2.45. The van der Waals surface area contributed by atoms with Gasteiger partial charge in [0, 0.05) is 17.5 Å². The normalized spacial score (nSPS) is 10.7. The van der Waals surface area contributed by atoms with Crippen molar-refractivity contribution in [3.63, 3.8) is 0 Å². The molecule has 3 aromatic rings. The lowest BCUT2D eigenvalue weighted by atomic mass is 10.2. The van der Waals surface area contributed by atoms with E-state index in [0.29, 0.717) is 17.1 Å². The van der Waals surface area contributed by atoms with Crippen LogP contribution in [0.1, 0.15) is 0 Å². The van der Waals surface area contributed by atoms with Gasteiger partial charge in [0.05, 0.1) is 5.51 Å². The van der Waals surface area contributed by atoms with Crippen LogP contribution in [0.3, 0.4) is 0 Å². The van der Waals surface area contributed by atoms with Gasteiger partial charge in [-0.25, -0.2) is 4.98 Å². The lowest BCUT2D eigenvalue weighted by Crippen LogP contribution is -1.73. The summed E-state index contributed by atoms with van der Waals surface area (Å²) in [6.07, 6.45) is 1.49. The summed E-state index contributed by atoms with van der Waals surface area (Å²) in [6, 6.07) is 3.51. The highest BCUT2D eigenvalue weighted by Crippen LogP contribution is 2.24. The van der Waals surface area contributed by atoms with E-state index in [-0.39, 0.29) is 0 Å². The zero-order chi connectivity index (χ0) is 10.1. The average Bonchev–Trinajstić information content (AvgIpc) is 3.02. The minimum Gasteiger partial charge on any atom is -0.364 e. The van der Waals surface area contributed by atoms with Crippen LogP contribution in [0.15, 0.2) is 38.3 Å². The number of hydrogen-bond donors (Lipinski definition) is 0. The Balaban J connectivity index is 2.02. The quantitative estimate of drug-likeness (QED) is 0.662. The molecule has 0 fully saturated rings. The van der Waals surface area contributed by atoms with E-state index >= 15 is 0 Å². The number of rotatable bonds is 2. The molecule has 0 saturated heterocycles. The molecule has 0 aliphatic heterocycles. The minimum atomic E-state index is 0.634. The molecule has 0 aliphatic carbocycles. The first-order valence-corrected chi connectivity index (χ1v) is 5.14. The maximum Gasteiger partial charge on any atom is 0.186 e. The van der Waals surface area contributed by atoms with Crippen LogP contribution in [0.5, 0.6) is 0 Å². The number of nitrogens with zero attached hydrogens (tertiary/aromatic N) is 3. The average molecular weight is 219 g/mol. The van der Waals surface area contributed by atoms with Crippen LogP contribution in [0, 0.1) is 0 Å². The monoisotopic (exact) mass is 219 g/mol. The summed E-state index contributed by atoms with van der Waals surface area (Å²) in [5.41, 5.74) is 3.82. The molecule has 0 aliphatic rings. The third-order valence-electron chi connectivity index (χ3n) is 1.90. The molecule has 0 unspecified atom stereocenters. The molecule has 15 heavy (non-hydrogen) atoms. The van der Waals surface area contributed by atoms with Crippen LogP contribution in [-0.2, 0) is 0 Å². The second-order valence-electron chi connectivity index (χ2n) is 2.83. The molecule has 0 saturated carbocycles. The molecule has 5 nitrogen and oxygen atoms in total. The van der Waals surface area contributed by atoms with Gasteiger partial charge in [-0.2, -0.15) is 0 Å². The molecule has 0 radical (unpaired) electrons. The highest BCUT2D eigenvalue weighted by atomic mass is 32.1. The Hall–Kier alpha value is -1.95. The highest BCUT2D eigenvalue weighted by molar-refractivity contribution is 7.07. The Bertz CT molecular complexity index is 493. The molecular weight excluding hydrogens is 214 g/mol. The second-order valence-corrected chi connectivity index (χ2v) is 3.55. The zero-order valence-electron chi connectivity index (χ0n) is 7.45. The van der Waals surface area contributed by atoms with E-state index < -0.39 is 0 Å². The van der Waals surface area contributed by atoms with Crippen LogP contribution in [0.4, 0.5) is 0 Å². The van der Waals surface area contributed by atoms with Gasteiger partial charge in [0.15, 0.2) is 5.76 Å². The summed E-state index contributed by atoms with van der Waals surface area (Å²) in [5.74, 6) is 0.634. The molecule has 0 aromatic carbocycles. The lowest BCUT2D eigenvalue weighted by Gasteiger charge is -1.82. The molecule has 0 amide bonds. The lowest BCUT2D eigenvalue weighted by molar-refractivity contribution is 0.417. The number of hydrogen-bond acceptors (Lipinski definition) is 6. The van der Waals surface area contributed by atoms with Gasteiger partial charge in [-0.05, 0) is 0 Å². The molecule has 3 rings (SSSR count). The van der Waals surface area contributed by atoms with Crippen LogP contribution >= 0.6 is 11.3 Å². The van der Waals surface area contributed by atoms with E-state index in [1.165, 1.54) is 17.6 Å². The van der Waals surface area contributed by atoms with Crippen LogP contribution in [0.2, 0.25) is 0 Å². The van der Waals surface area contributed by atoms with Gasteiger partial charge in [-0.1, -0.05) is 10.3 Å².